The Morgan fingerprint density at radius 3 is 2.62 bits per heavy atom. The van der Waals surface area contributed by atoms with Crippen LogP contribution in [-0.2, 0) is 0 Å². The lowest BCUT2D eigenvalue weighted by Crippen LogP contribution is -1.94. The largest absolute Gasteiger partial charge is 0.496 e. The molecule has 2 heterocycles. The maximum Gasteiger partial charge on any atom is 0.134 e. The summed E-state index contributed by atoms with van der Waals surface area (Å²) in [6.07, 6.45) is 4.91. The number of hydrogen-bond donors (Lipinski definition) is 1. The number of nitrogens with one attached hydrogen (secondary N) is 1. The van der Waals surface area contributed by atoms with Crippen LogP contribution in [-0.4, -0.2) is 22.3 Å². The quantitative estimate of drug-likeness (QED) is 0.417. The zero-order valence-corrected chi connectivity index (χ0v) is 18.5. The molecule has 0 radical (unpaired) electrons. The number of aromatic nitrogens is 3. The molecule has 0 aliphatic heterocycles. The van der Waals surface area contributed by atoms with Crippen LogP contribution in [0.25, 0.3) is 29.1 Å². The topological polar surface area (TPSA) is 50.8 Å². The first-order valence-corrected chi connectivity index (χ1v) is 10.1. The van der Waals surface area contributed by atoms with Gasteiger partial charge in [-0.2, -0.15) is 5.10 Å². The summed E-state index contributed by atoms with van der Waals surface area (Å²) in [4.78, 5) is 4.53. The van der Waals surface area contributed by atoms with Gasteiger partial charge in [0.05, 0.1) is 24.1 Å². The molecule has 150 valence electrons. The first-order chi connectivity index (χ1) is 13.9. The summed E-state index contributed by atoms with van der Waals surface area (Å²) >= 11 is 3.42. The molecule has 0 fully saturated rings. The molecule has 2 aromatic heterocycles. The van der Waals surface area contributed by atoms with E-state index in [4.69, 9.17) is 4.74 Å². The summed E-state index contributed by atoms with van der Waals surface area (Å²) in [5, 5.41) is 7.61. The minimum atomic E-state index is -0.328. The molecule has 0 aliphatic rings. The van der Waals surface area contributed by atoms with E-state index in [0.717, 1.165) is 33.5 Å². The molecule has 0 aliphatic carbocycles. The molecular formula is C23H23BrFN3O. The highest BCUT2D eigenvalue weighted by molar-refractivity contribution is 9.10. The zero-order chi connectivity index (χ0) is 21.0. The van der Waals surface area contributed by atoms with E-state index in [1.54, 1.807) is 19.2 Å². The molecule has 0 bridgehead atoms. The first-order valence-electron chi connectivity index (χ1n) is 9.34. The molecule has 0 atom stereocenters. The first kappa shape index (κ1) is 21.0. The van der Waals surface area contributed by atoms with Gasteiger partial charge in [0, 0.05) is 5.56 Å². The van der Waals surface area contributed by atoms with Crippen molar-refractivity contribution in [3.63, 3.8) is 0 Å². The highest BCUT2D eigenvalue weighted by atomic mass is 79.9. The van der Waals surface area contributed by atoms with Crippen molar-refractivity contribution in [1.82, 2.24) is 15.2 Å². The van der Waals surface area contributed by atoms with Gasteiger partial charge in [-0.05, 0) is 78.2 Å². The van der Waals surface area contributed by atoms with Gasteiger partial charge in [0.1, 0.15) is 21.9 Å². The maximum atomic E-state index is 14.6. The van der Waals surface area contributed by atoms with Crippen molar-refractivity contribution >= 4 is 33.7 Å². The van der Waals surface area contributed by atoms with Crippen molar-refractivity contribution < 1.29 is 9.13 Å². The smallest absolute Gasteiger partial charge is 0.134 e. The number of nitrogens with zero attached hydrogens (tertiary/aromatic N) is 2. The second kappa shape index (κ2) is 9.18. The Morgan fingerprint density at radius 1 is 1.17 bits per heavy atom. The number of ether oxygens (including phenoxy) is 1. The van der Waals surface area contributed by atoms with Crippen molar-refractivity contribution in [3.05, 3.63) is 69.2 Å². The third kappa shape index (κ3) is 4.65. The minimum Gasteiger partial charge on any atom is -0.496 e. The Balaban J connectivity index is 2.21. The number of H-pyrrole nitrogens is 1. The molecule has 0 amide bonds. The average molecular weight is 456 g/mol. The number of pyridine rings is 1. The van der Waals surface area contributed by atoms with Crippen LogP contribution in [0.15, 0.2) is 46.6 Å². The number of aromatic amines is 1. The lowest BCUT2D eigenvalue weighted by atomic mass is 10.00. The van der Waals surface area contributed by atoms with Crippen LogP contribution in [0.5, 0.6) is 5.75 Å². The number of hydrogen-bond acceptors (Lipinski definition) is 3. The summed E-state index contributed by atoms with van der Waals surface area (Å²) in [6.45, 7) is 6.04. The molecule has 0 saturated carbocycles. The summed E-state index contributed by atoms with van der Waals surface area (Å²) in [5.74, 6) is 0.164. The van der Waals surface area contributed by atoms with Crippen LogP contribution in [0.3, 0.4) is 0 Å². The van der Waals surface area contributed by atoms with E-state index in [-0.39, 0.29) is 5.82 Å². The number of allylic oxidation sites excluding steroid dienone is 2. The Hall–Kier alpha value is -2.73. The van der Waals surface area contributed by atoms with Crippen LogP contribution in [0, 0.1) is 5.82 Å². The molecule has 3 aromatic rings. The fourth-order valence-electron chi connectivity index (χ4n) is 3.05. The average Bonchev–Trinajstić information content (AvgIpc) is 3.09. The summed E-state index contributed by atoms with van der Waals surface area (Å²) in [6, 6.07) is 10.5. The maximum absolute atomic E-state index is 14.6. The molecule has 1 aromatic carbocycles. The van der Waals surface area contributed by atoms with E-state index in [2.05, 4.69) is 51.0 Å². The SMILES string of the molecule is CC/C(C)=C/c1[nH]nc(-c2cccc(Br)n2)c1/C=C(\C)c1c(F)cccc1OC. The standard InChI is InChI=1S/C23H23BrFN3O/c1-5-14(2)12-19-16(23(28-27-19)18-9-7-11-21(24)26-18)13-15(3)22-17(25)8-6-10-20(22)29-4/h6-13H,5H2,1-4H3,(H,27,28)/b14-12+,15-13+. The number of rotatable bonds is 6. The second-order valence-electron chi connectivity index (χ2n) is 6.73. The molecule has 29 heavy (non-hydrogen) atoms. The normalized spacial score (nSPS) is 12.3. The number of benzene rings is 1. The van der Waals surface area contributed by atoms with Gasteiger partial charge in [0.25, 0.3) is 0 Å². The fraction of sp³-hybridized carbons (Fsp3) is 0.217. The number of methoxy groups -OCH3 is 1. The summed E-state index contributed by atoms with van der Waals surface area (Å²) in [5.41, 5.74) is 5.52. The fourth-order valence-corrected chi connectivity index (χ4v) is 3.39. The van der Waals surface area contributed by atoms with Crippen molar-refractivity contribution in [2.75, 3.05) is 7.11 Å². The predicted molar refractivity (Wildman–Crippen MR) is 120 cm³/mol. The van der Waals surface area contributed by atoms with Gasteiger partial charge in [-0.1, -0.05) is 24.6 Å². The molecule has 0 unspecified atom stereocenters. The van der Waals surface area contributed by atoms with Crippen LogP contribution in [0.1, 0.15) is 44.0 Å². The zero-order valence-electron chi connectivity index (χ0n) is 16.9. The summed E-state index contributed by atoms with van der Waals surface area (Å²) < 4.78 is 20.7. The molecule has 6 heteroatoms. The summed E-state index contributed by atoms with van der Waals surface area (Å²) in [7, 11) is 1.54. The number of halogens is 2. The van der Waals surface area contributed by atoms with Crippen LogP contribution < -0.4 is 4.74 Å². The molecule has 0 spiro atoms. The van der Waals surface area contributed by atoms with E-state index < -0.39 is 0 Å². The van der Waals surface area contributed by atoms with Gasteiger partial charge in [-0.15, -0.1) is 0 Å². The minimum absolute atomic E-state index is 0.328. The monoisotopic (exact) mass is 455 g/mol. The molecule has 3 rings (SSSR count). The van der Waals surface area contributed by atoms with Gasteiger partial charge >= 0.3 is 0 Å². The Kier molecular flexibility index (Phi) is 6.64. The Labute approximate surface area is 178 Å². The van der Waals surface area contributed by atoms with E-state index in [1.165, 1.54) is 11.6 Å². The molecule has 0 saturated heterocycles. The highest BCUT2D eigenvalue weighted by Crippen LogP contribution is 2.33. The van der Waals surface area contributed by atoms with Gasteiger partial charge in [-0.25, -0.2) is 9.37 Å². The van der Waals surface area contributed by atoms with Crippen molar-refractivity contribution in [2.45, 2.75) is 27.2 Å². The van der Waals surface area contributed by atoms with Gasteiger partial charge in [0.2, 0.25) is 0 Å². The van der Waals surface area contributed by atoms with Crippen molar-refractivity contribution in [1.29, 1.82) is 0 Å². The van der Waals surface area contributed by atoms with Gasteiger partial charge in [-0.3, -0.25) is 5.10 Å². The Bertz CT molecular complexity index is 1090. The molecular weight excluding hydrogens is 433 g/mol. The van der Waals surface area contributed by atoms with Crippen molar-refractivity contribution in [3.8, 4) is 17.1 Å². The van der Waals surface area contributed by atoms with Crippen LogP contribution >= 0.6 is 15.9 Å². The third-order valence-electron chi connectivity index (χ3n) is 4.69. The Morgan fingerprint density at radius 2 is 1.93 bits per heavy atom. The van der Waals surface area contributed by atoms with Crippen LogP contribution in [0.4, 0.5) is 4.39 Å². The third-order valence-corrected chi connectivity index (χ3v) is 5.13. The lowest BCUT2D eigenvalue weighted by molar-refractivity contribution is 0.409. The van der Waals surface area contributed by atoms with Crippen molar-refractivity contribution in [2.24, 2.45) is 0 Å². The molecule has 4 nitrogen and oxygen atoms in total. The van der Waals surface area contributed by atoms with E-state index in [9.17, 15) is 4.39 Å². The highest BCUT2D eigenvalue weighted by Gasteiger charge is 2.17. The van der Waals surface area contributed by atoms with Gasteiger partial charge < -0.3 is 4.74 Å². The van der Waals surface area contributed by atoms with E-state index >= 15 is 0 Å². The van der Waals surface area contributed by atoms with E-state index in [0.29, 0.717) is 17.0 Å². The predicted octanol–water partition coefficient (Wildman–Crippen LogP) is 6.76. The van der Waals surface area contributed by atoms with E-state index in [1.807, 2.05) is 31.2 Å². The molecule has 1 N–H and O–H groups in total. The van der Waals surface area contributed by atoms with Crippen LogP contribution in [0.2, 0.25) is 0 Å². The van der Waals surface area contributed by atoms with Gasteiger partial charge in [0.15, 0.2) is 0 Å². The lowest BCUT2D eigenvalue weighted by Gasteiger charge is -2.10. The second-order valence-corrected chi connectivity index (χ2v) is 7.55.